The Balaban J connectivity index is 2.84. The molecular formula is C9H13Cl2Ti. The van der Waals surface area contributed by atoms with Crippen molar-refractivity contribution in [2.75, 3.05) is 8.37 Å². The third kappa shape index (κ3) is 1.82. The fourth-order valence-electron chi connectivity index (χ4n) is 1.40. The van der Waals surface area contributed by atoms with Crippen molar-refractivity contribution in [1.29, 1.82) is 0 Å². The van der Waals surface area contributed by atoms with Crippen molar-refractivity contribution in [2.24, 2.45) is 0 Å². The van der Waals surface area contributed by atoms with Gasteiger partial charge in [0.15, 0.2) is 0 Å². The van der Waals surface area contributed by atoms with Gasteiger partial charge in [0.25, 0.3) is 0 Å². The Morgan fingerprint density at radius 3 is 2.33 bits per heavy atom. The van der Waals surface area contributed by atoms with Gasteiger partial charge in [0.2, 0.25) is 0 Å². The normalized spacial score (nSPS) is 27.5. The predicted octanol–water partition coefficient (Wildman–Crippen LogP) is 3.69. The molecule has 0 aromatic heterocycles. The second kappa shape index (κ2) is 4.33. The summed E-state index contributed by atoms with van der Waals surface area (Å²) in [6.07, 6.45) is 6.57. The summed E-state index contributed by atoms with van der Waals surface area (Å²) in [4.78, 5) is 0. The number of allylic oxidation sites excluding steroid dienone is 4. The summed E-state index contributed by atoms with van der Waals surface area (Å²) >= 11 is 10.5. The molecule has 12 heavy (non-hydrogen) atoms. The molecule has 1 rings (SSSR count). The van der Waals surface area contributed by atoms with E-state index in [1.165, 1.54) is 5.57 Å². The molecule has 1 aliphatic carbocycles. The van der Waals surface area contributed by atoms with Gasteiger partial charge >= 0.3 is 90.8 Å². The van der Waals surface area contributed by atoms with Crippen molar-refractivity contribution in [1.82, 2.24) is 0 Å². The van der Waals surface area contributed by atoms with Gasteiger partial charge in [-0.05, 0) is 0 Å². The second-order valence-electron chi connectivity index (χ2n) is 3.28. The standard InChI is InChI=1S/C7H9.2CH2Cl.Ti/c1-6-4-3-5-7(6)2;2*1-2;/h3-5H,1-2H3;2*1H2;. The molecule has 0 fully saturated rings. The summed E-state index contributed by atoms with van der Waals surface area (Å²) in [5.74, 6) is 0. The van der Waals surface area contributed by atoms with Crippen LogP contribution >= 0.6 is 23.2 Å². The number of alkyl halides is 2. The first-order valence-corrected chi connectivity index (χ1v) is 8.04. The maximum absolute atomic E-state index is 5.93. The fraction of sp³-hybridized carbons (Fsp3) is 0.556. The quantitative estimate of drug-likeness (QED) is 0.521. The van der Waals surface area contributed by atoms with E-state index in [-0.39, 0.29) is 3.72 Å². The SMILES string of the molecule is CC1=CC=C[C]1(C)[Ti]([CH2]Cl)[CH2]Cl. The molecule has 1 unspecified atom stereocenters. The summed E-state index contributed by atoms with van der Waals surface area (Å²) in [7, 11) is 0. The molecule has 67 valence electrons. The monoisotopic (exact) mass is 239 g/mol. The Morgan fingerprint density at radius 2 is 2.00 bits per heavy atom. The molecule has 3 heteroatoms. The third-order valence-corrected chi connectivity index (χ3v) is 9.49. The minimum atomic E-state index is -1.32. The van der Waals surface area contributed by atoms with Crippen LogP contribution in [0.3, 0.4) is 0 Å². The molecular weight excluding hydrogens is 227 g/mol. The van der Waals surface area contributed by atoms with Crippen molar-refractivity contribution < 1.29 is 17.9 Å². The molecule has 0 saturated heterocycles. The van der Waals surface area contributed by atoms with Gasteiger partial charge in [0.05, 0.1) is 0 Å². The van der Waals surface area contributed by atoms with Crippen LogP contribution in [0.5, 0.6) is 0 Å². The average Bonchev–Trinajstić information content (AvgIpc) is 2.36. The molecule has 0 aromatic rings. The van der Waals surface area contributed by atoms with Crippen LogP contribution in [-0.4, -0.2) is 8.37 Å². The molecule has 0 radical (unpaired) electrons. The van der Waals surface area contributed by atoms with E-state index in [1.807, 2.05) is 0 Å². The molecule has 0 amide bonds. The molecule has 1 atom stereocenters. The van der Waals surface area contributed by atoms with Crippen LogP contribution in [0.25, 0.3) is 0 Å². The van der Waals surface area contributed by atoms with Gasteiger partial charge in [-0.25, -0.2) is 0 Å². The van der Waals surface area contributed by atoms with Crippen LogP contribution in [-0.2, 0) is 17.9 Å². The Kier molecular flexibility index (Phi) is 3.91. The van der Waals surface area contributed by atoms with Gasteiger partial charge in [0.1, 0.15) is 0 Å². The van der Waals surface area contributed by atoms with E-state index in [0.717, 1.165) is 8.37 Å². The average molecular weight is 240 g/mol. The number of halogens is 2. The summed E-state index contributed by atoms with van der Waals surface area (Å²) in [6.45, 7) is 4.44. The Labute approximate surface area is 90.5 Å². The number of hydrogen-bond acceptors (Lipinski definition) is 0. The van der Waals surface area contributed by atoms with Crippen molar-refractivity contribution in [2.45, 2.75) is 17.6 Å². The summed E-state index contributed by atoms with van der Waals surface area (Å²) in [6, 6.07) is 0. The Morgan fingerprint density at radius 1 is 1.42 bits per heavy atom. The summed E-state index contributed by atoms with van der Waals surface area (Å²) < 4.78 is 1.83. The fourth-order valence-corrected chi connectivity index (χ4v) is 7.36. The van der Waals surface area contributed by atoms with Crippen LogP contribution in [0.15, 0.2) is 23.8 Å². The van der Waals surface area contributed by atoms with Gasteiger partial charge in [-0.1, -0.05) is 0 Å². The van der Waals surface area contributed by atoms with Gasteiger partial charge < -0.3 is 0 Å². The van der Waals surface area contributed by atoms with Crippen LogP contribution in [0, 0.1) is 0 Å². The van der Waals surface area contributed by atoms with E-state index in [4.69, 9.17) is 23.2 Å². The van der Waals surface area contributed by atoms with E-state index in [9.17, 15) is 0 Å². The van der Waals surface area contributed by atoms with Gasteiger partial charge in [-0.15, -0.1) is 0 Å². The molecule has 0 heterocycles. The molecule has 0 spiro atoms. The molecule has 0 saturated carbocycles. The summed E-state index contributed by atoms with van der Waals surface area (Å²) in [5, 5.41) is 0. The zero-order chi connectivity index (χ0) is 9.19. The minimum absolute atomic E-state index is 0.253. The molecule has 1 aliphatic rings. The molecule has 0 aliphatic heterocycles. The number of hydrogen-bond donors (Lipinski definition) is 0. The number of rotatable bonds is 3. The molecule has 0 N–H and O–H groups in total. The van der Waals surface area contributed by atoms with E-state index >= 15 is 0 Å². The Hall–Kier alpha value is 0.774. The second-order valence-corrected chi connectivity index (χ2v) is 9.83. The molecule has 0 nitrogen and oxygen atoms in total. The van der Waals surface area contributed by atoms with Gasteiger partial charge in [0, 0.05) is 0 Å². The maximum atomic E-state index is 5.93. The zero-order valence-corrected chi connectivity index (χ0v) is 10.5. The van der Waals surface area contributed by atoms with Gasteiger partial charge in [-0.3, -0.25) is 0 Å². The first-order valence-electron chi connectivity index (χ1n) is 3.99. The topological polar surface area (TPSA) is 0 Å². The first-order chi connectivity index (χ1) is 5.65. The van der Waals surface area contributed by atoms with Crippen LogP contribution < -0.4 is 0 Å². The van der Waals surface area contributed by atoms with Crippen molar-refractivity contribution in [3.8, 4) is 0 Å². The third-order valence-electron chi connectivity index (χ3n) is 2.65. The van der Waals surface area contributed by atoms with Crippen LogP contribution in [0.4, 0.5) is 0 Å². The zero-order valence-electron chi connectivity index (χ0n) is 7.40. The van der Waals surface area contributed by atoms with Crippen molar-refractivity contribution in [3.05, 3.63) is 23.8 Å². The van der Waals surface area contributed by atoms with E-state index in [0.29, 0.717) is 0 Å². The van der Waals surface area contributed by atoms with Crippen LogP contribution in [0.1, 0.15) is 13.8 Å². The molecule has 0 bridgehead atoms. The van der Waals surface area contributed by atoms with E-state index < -0.39 is 17.9 Å². The van der Waals surface area contributed by atoms with Gasteiger partial charge in [-0.2, -0.15) is 0 Å². The Bertz CT molecular complexity index is 219. The molecule has 0 aromatic carbocycles. The van der Waals surface area contributed by atoms with E-state index in [2.05, 4.69) is 32.1 Å². The van der Waals surface area contributed by atoms with Crippen molar-refractivity contribution in [3.63, 3.8) is 0 Å². The van der Waals surface area contributed by atoms with E-state index in [1.54, 1.807) is 0 Å². The van der Waals surface area contributed by atoms with Crippen LogP contribution in [0.2, 0.25) is 3.72 Å². The first kappa shape index (κ1) is 10.9. The van der Waals surface area contributed by atoms with Crippen molar-refractivity contribution >= 4 is 23.2 Å². The predicted molar refractivity (Wildman–Crippen MR) is 52.7 cm³/mol. The summed E-state index contributed by atoms with van der Waals surface area (Å²) in [5.41, 5.74) is 1.43.